The Hall–Kier alpha value is -1.40. The largest absolute Gasteiger partial charge is 0.479 e. The summed E-state index contributed by atoms with van der Waals surface area (Å²) in [4.78, 5) is 25.4. The number of aliphatic carboxylic acids is 1. The van der Waals surface area contributed by atoms with Crippen molar-refractivity contribution in [3.05, 3.63) is 21.9 Å². The van der Waals surface area contributed by atoms with Crippen molar-refractivity contribution < 1.29 is 19.8 Å². The van der Waals surface area contributed by atoms with Crippen molar-refractivity contribution in [3.8, 4) is 0 Å². The lowest BCUT2D eigenvalue weighted by Crippen LogP contribution is -2.50. The first kappa shape index (κ1) is 13.0. The lowest BCUT2D eigenvalue weighted by molar-refractivity contribution is -0.162. The van der Waals surface area contributed by atoms with Gasteiger partial charge in [0.05, 0.1) is 4.88 Å². The van der Waals surface area contributed by atoms with Crippen LogP contribution in [0.15, 0.2) is 11.4 Å². The van der Waals surface area contributed by atoms with Crippen LogP contribution in [0.5, 0.6) is 0 Å². The molecule has 1 amide bonds. The number of rotatable bonds is 2. The van der Waals surface area contributed by atoms with Crippen molar-refractivity contribution in [2.45, 2.75) is 25.4 Å². The number of thiophene rings is 1. The summed E-state index contributed by atoms with van der Waals surface area (Å²) in [6.07, 6.45) is 0.164. The number of carbonyl (C=O) groups excluding carboxylic acids is 1. The summed E-state index contributed by atoms with van der Waals surface area (Å²) in [7, 11) is 0. The van der Waals surface area contributed by atoms with Gasteiger partial charge >= 0.3 is 5.97 Å². The number of hydrogen-bond acceptors (Lipinski definition) is 4. The molecule has 0 aromatic carbocycles. The van der Waals surface area contributed by atoms with E-state index in [1.807, 2.05) is 18.4 Å². The van der Waals surface area contributed by atoms with Crippen molar-refractivity contribution in [3.63, 3.8) is 0 Å². The van der Waals surface area contributed by atoms with Crippen molar-refractivity contribution in [2.75, 3.05) is 13.1 Å². The molecule has 0 bridgehead atoms. The summed E-state index contributed by atoms with van der Waals surface area (Å²) in [5.74, 6) is -1.28. The zero-order valence-electron chi connectivity index (χ0n) is 10.0. The molecular formula is C12H15NO4S. The number of aryl methyl sites for hydroxylation is 1. The zero-order chi connectivity index (χ0) is 13.3. The Balaban J connectivity index is 2.05. The number of aliphatic hydroxyl groups is 1. The average molecular weight is 269 g/mol. The molecule has 0 saturated carbocycles. The van der Waals surface area contributed by atoms with Crippen LogP contribution in [-0.2, 0) is 4.79 Å². The molecule has 98 valence electrons. The highest BCUT2D eigenvalue weighted by atomic mass is 32.1. The van der Waals surface area contributed by atoms with Crippen LogP contribution >= 0.6 is 11.3 Å². The molecule has 0 atom stereocenters. The molecule has 1 aliphatic heterocycles. The number of likely N-dealkylation sites (tertiary alicyclic amines) is 1. The minimum absolute atomic E-state index is 0.0741. The number of hydrogen-bond donors (Lipinski definition) is 2. The molecule has 1 aromatic heterocycles. The average Bonchev–Trinajstić information content (AvgIpc) is 2.75. The minimum Gasteiger partial charge on any atom is -0.479 e. The molecular weight excluding hydrogens is 254 g/mol. The maximum atomic E-state index is 12.2. The van der Waals surface area contributed by atoms with Gasteiger partial charge in [0.25, 0.3) is 5.91 Å². The van der Waals surface area contributed by atoms with E-state index in [0.717, 1.165) is 5.56 Å². The molecule has 0 spiro atoms. The second kappa shape index (κ2) is 4.70. The van der Waals surface area contributed by atoms with E-state index >= 15 is 0 Å². The van der Waals surface area contributed by atoms with Crippen LogP contribution in [0.25, 0.3) is 0 Å². The molecule has 18 heavy (non-hydrogen) atoms. The van der Waals surface area contributed by atoms with Gasteiger partial charge in [-0.25, -0.2) is 4.79 Å². The maximum absolute atomic E-state index is 12.2. The molecule has 2 N–H and O–H groups in total. The van der Waals surface area contributed by atoms with Crippen LogP contribution in [-0.4, -0.2) is 45.7 Å². The minimum atomic E-state index is -1.68. The first-order chi connectivity index (χ1) is 8.44. The molecule has 0 unspecified atom stereocenters. The predicted molar refractivity (Wildman–Crippen MR) is 66.8 cm³/mol. The number of nitrogens with zero attached hydrogens (tertiary/aromatic N) is 1. The summed E-state index contributed by atoms with van der Waals surface area (Å²) in [6, 6.07) is 1.88. The molecule has 1 aromatic rings. The standard InChI is InChI=1S/C12H15NO4S/c1-8-2-7-18-9(8)10(14)13-5-3-12(17,4-6-13)11(15)16/h2,7,17H,3-6H2,1H3,(H,15,16). The molecule has 2 heterocycles. The quantitative estimate of drug-likeness (QED) is 0.843. The van der Waals surface area contributed by atoms with E-state index < -0.39 is 11.6 Å². The first-order valence-electron chi connectivity index (χ1n) is 5.73. The van der Waals surface area contributed by atoms with Gasteiger partial charge in [-0.2, -0.15) is 0 Å². The van der Waals surface area contributed by atoms with Gasteiger partial charge in [0.2, 0.25) is 0 Å². The number of amides is 1. The van der Waals surface area contributed by atoms with E-state index in [9.17, 15) is 14.7 Å². The molecule has 0 radical (unpaired) electrons. The smallest absolute Gasteiger partial charge is 0.335 e. The molecule has 1 fully saturated rings. The Bertz CT molecular complexity index is 474. The maximum Gasteiger partial charge on any atom is 0.335 e. The van der Waals surface area contributed by atoms with Crippen molar-refractivity contribution >= 4 is 23.2 Å². The second-order valence-electron chi connectivity index (χ2n) is 4.56. The van der Waals surface area contributed by atoms with E-state index in [1.165, 1.54) is 11.3 Å². The molecule has 2 rings (SSSR count). The molecule has 0 aliphatic carbocycles. The SMILES string of the molecule is Cc1ccsc1C(=O)N1CCC(O)(C(=O)O)CC1. The highest BCUT2D eigenvalue weighted by Gasteiger charge is 2.40. The number of carboxylic acids is 1. The summed E-state index contributed by atoms with van der Waals surface area (Å²) < 4.78 is 0. The van der Waals surface area contributed by atoms with Gasteiger partial charge in [0.1, 0.15) is 0 Å². The summed E-state index contributed by atoms with van der Waals surface area (Å²) >= 11 is 1.39. The summed E-state index contributed by atoms with van der Waals surface area (Å²) in [5, 5.41) is 20.6. The Kier molecular flexibility index (Phi) is 3.41. The zero-order valence-corrected chi connectivity index (χ0v) is 10.9. The monoisotopic (exact) mass is 269 g/mol. The predicted octanol–water partition coefficient (Wildman–Crippen LogP) is 1.11. The fourth-order valence-electron chi connectivity index (χ4n) is 2.03. The van der Waals surface area contributed by atoms with Crippen LogP contribution in [0.3, 0.4) is 0 Å². The van der Waals surface area contributed by atoms with Crippen LogP contribution in [0.1, 0.15) is 28.1 Å². The molecule has 1 aliphatic rings. The van der Waals surface area contributed by atoms with Crippen LogP contribution < -0.4 is 0 Å². The highest BCUT2D eigenvalue weighted by molar-refractivity contribution is 7.12. The van der Waals surface area contributed by atoms with Gasteiger partial charge in [-0.1, -0.05) is 0 Å². The molecule has 1 saturated heterocycles. The lowest BCUT2D eigenvalue weighted by Gasteiger charge is -2.35. The van der Waals surface area contributed by atoms with E-state index in [-0.39, 0.29) is 31.8 Å². The van der Waals surface area contributed by atoms with E-state index in [4.69, 9.17) is 5.11 Å². The third-order valence-corrected chi connectivity index (χ3v) is 4.34. The van der Waals surface area contributed by atoms with E-state index in [2.05, 4.69) is 0 Å². The lowest BCUT2D eigenvalue weighted by atomic mass is 9.91. The van der Waals surface area contributed by atoms with Crippen molar-refractivity contribution in [1.29, 1.82) is 0 Å². The van der Waals surface area contributed by atoms with Crippen molar-refractivity contribution in [1.82, 2.24) is 4.90 Å². The number of carboxylic acid groups (broad SMARTS) is 1. The van der Waals surface area contributed by atoms with Crippen LogP contribution in [0.2, 0.25) is 0 Å². The number of carbonyl (C=O) groups is 2. The summed E-state index contributed by atoms with van der Waals surface area (Å²) in [5.41, 5.74) is -0.745. The van der Waals surface area contributed by atoms with E-state index in [1.54, 1.807) is 4.90 Å². The van der Waals surface area contributed by atoms with Gasteiger partial charge in [0.15, 0.2) is 5.60 Å². The molecule has 6 heteroatoms. The van der Waals surface area contributed by atoms with Gasteiger partial charge in [-0.15, -0.1) is 11.3 Å². The fourth-order valence-corrected chi connectivity index (χ4v) is 2.92. The van der Waals surface area contributed by atoms with E-state index in [0.29, 0.717) is 4.88 Å². The third-order valence-electron chi connectivity index (χ3n) is 3.33. The first-order valence-corrected chi connectivity index (χ1v) is 6.61. The van der Waals surface area contributed by atoms with Gasteiger partial charge < -0.3 is 15.1 Å². The fraction of sp³-hybridized carbons (Fsp3) is 0.500. The van der Waals surface area contributed by atoms with Gasteiger partial charge in [0, 0.05) is 25.9 Å². The Morgan fingerprint density at radius 3 is 2.44 bits per heavy atom. The van der Waals surface area contributed by atoms with Crippen LogP contribution in [0, 0.1) is 6.92 Å². The number of piperidine rings is 1. The molecule has 5 nitrogen and oxygen atoms in total. The van der Waals surface area contributed by atoms with Gasteiger partial charge in [-0.05, 0) is 23.9 Å². The summed E-state index contributed by atoms with van der Waals surface area (Å²) in [6.45, 7) is 2.43. The topological polar surface area (TPSA) is 77.8 Å². The Morgan fingerprint density at radius 1 is 1.39 bits per heavy atom. The van der Waals surface area contributed by atoms with Gasteiger partial charge in [-0.3, -0.25) is 4.79 Å². The van der Waals surface area contributed by atoms with Crippen molar-refractivity contribution in [2.24, 2.45) is 0 Å². The normalized spacial score (nSPS) is 18.7. The Morgan fingerprint density at radius 2 is 2.00 bits per heavy atom. The highest BCUT2D eigenvalue weighted by Crippen LogP contribution is 2.25. The van der Waals surface area contributed by atoms with Crippen LogP contribution in [0.4, 0.5) is 0 Å². The Labute approximate surface area is 109 Å². The second-order valence-corrected chi connectivity index (χ2v) is 5.48. The third kappa shape index (κ3) is 2.26.